The van der Waals surface area contributed by atoms with Crippen LogP contribution in [0.15, 0.2) is 11.1 Å². The molecule has 0 aliphatic carbocycles. The highest BCUT2D eigenvalue weighted by Gasteiger charge is 2.19. The average molecular weight is 239 g/mol. The van der Waals surface area contributed by atoms with Crippen LogP contribution in [0.4, 0.5) is 0 Å². The van der Waals surface area contributed by atoms with Gasteiger partial charge in [0, 0.05) is 31.2 Å². The smallest absolute Gasteiger partial charge is 0.247 e. The van der Waals surface area contributed by atoms with Gasteiger partial charge in [-0.15, -0.1) is 0 Å². The summed E-state index contributed by atoms with van der Waals surface area (Å²) in [5.74, 6) is 0.609. The third-order valence-corrected chi connectivity index (χ3v) is 3.45. The molecule has 1 aliphatic heterocycles. The highest BCUT2D eigenvalue weighted by atomic mass is 16.1. The molecular formula is C13H25N3O. The normalized spacial score (nSPS) is 17.0. The second-order valence-electron chi connectivity index (χ2n) is 5.32. The fourth-order valence-electron chi connectivity index (χ4n) is 2.02. The highest BCUT2D eigenvalue weighted by molar-refractivity contribution is 5.93. The van der Waals surface area contributed by atoms with Crippen molar-refractivity contribution in [3.05, 3.63) is 11.1 Å². The third-order valence-electron chi connectivity index (χ3n) is 3.45. The summed E-state index contributed by atoms with van der Waals surface area (Å²) in [7, 11) is 4.11. The number of carbonyl (C=O) groups excluding carboxylic acids is 1. The van der Waals surface area contributed by atoms with E-state index in [1.54, 1.807) is 0 Å². The van der Waals surface area contributed by atoms with Crippen molar-refractivity contribution in [1.82, 2.24) is 15.5 Å². The Balaban J connectivity index is 2.46. The number of nitrogens with zero attached hydrogens (tertiary/aromatic N) is 1. The topological polar surface area (TPSA) is 44.4 Å². The van der Waals surface area contributed by atoms with Gasteiger partial charge in [-0.1, -0.05) is 13.8 Å². The first-order valence-electron chi connectivity index (χ1n) is 6.27. The van der Waals surface area contributed by atoms with Crippen LogP contribution < -0.4 is 10.6 Å². The predicted octanol–water partition coefficient (Wildman–Crippen LogP) is 0.609. The molecule has 0 aromatic heterocycles. The lowest BCUT2D eigenvalue weighted by Crippen LogP contribution is -2.44. The van der Waals surface area contributed by atoms with Crippen LogP contribution in [0.5, 0.6) is 0 Å². The maximum absolute atomic E-state index is 11.9. The molecule has 0 aromatic rings. The van der Waals surface area contributed by atoms with Gasteiger partial charge in [0.25, 0.3) is 0 Å². The van der Waals surface area contributed by atoms with Crippen molar-refractivity contribution in [2.45, 2.75) is 26.8 Å². The minimum atomic E-state index is 0.0778. The molecule has 1 rings (SSSR count). The molecular weight excluding hydrogens is 214 g/mol. The highest BCUT2D eigenvalue weighted by Crippen LogP contribution is 2.10. The average Bonchev–Trinajstić information content (AvgIpc) is 2.13. The molecule has 1 unspecified atom stereocenters. The van der Waals surface area contributed by atoms with Crippen molar-refractivity contribution in [3.8, 4) is 0 Å². The van der Waals surface area contributed by atoms with Crippen molar-refractivity contribution in [3.63, 3.8) is 0 Å². The van der Waals surface area contributed by atoms with Gasteiger partial charge in [-0.25, -0.2) is 0 Å². The Kier molecular flexibility index (Phi) is 5.15. The van der Waals surface area contributed by atoms with Crippen molar-refractivity contribution in [2.75, 3.05) is 33.7 Å². The minimum absolute atomic E-state index is 0.0778. The van der Waals surface area contributed by atoms with Crippen LogP contribution in [0.3, 0.4) is 0 Å². The Morgan fingerprint density at radius 1 is 1.41 bits per heavy atom. The second kappa shape index (κ2) is 6.17. The standard InChI is InChI=1S/C13H25N3O/c1-9(2)12(16(4)5)8-15-13(17)10(3)11-6-14-7-11/h9,12,14H,6-8H2,1-5H3,(H,15,17). The summed E-state index contributed by atoms with van der Waals surface area (Å²) in [4.78, 5) is 14.1. The van der Waals surface area contributed by atoms with Crippen molar-refractivity contribution in [1.29, 1.82) is 0 Å². The second-order valence-corrected chi connectivity index (χ2v) is 5.32. The lowest BCUT2D eigenvalue weighted by atomic mass is 10.0. The molecule has 4 heteroatoms. The van der Waals surface area contributed by atoms with E-state index in [-0.39, 0.29) is 5.91 Å². The number of nitrogens with one attached hydrogen (secondary N) is 2. The van der Waals surface area contributed by atoms with Gasteiger partial charge in [-0.2, -0.15) is 0 Å². The lowest BCUT2D eigenvalue weighted by Gasteiger charge is -2.28. The number of amides is 1. The van der Waals surface area contributed by atoms with Crippen molar-refractivity contribution in [2.24, 2.45) is 5.92 Å². The number of likely N-dealkylation sites (N-methyl/N-ethyl adjacent to an activating group) is 1. The Hall–Kier alpha value is -0.870. The van der Waals surface area contributed by atoms with Gasteiger partial charge < -0.3 is 15.5 Å². The van der Waals surface area contributed by atoms with E-state index in [0.717, 1.165) is 18.7 Å². The van der Waals surface area contributed by atoms with E-state index in [4.69, 9.17) is 0 Å². The molecule has 98 valence electrons. The molecule has 1 fully saturated rings. The largest absolute Gasteiger partial charge is 0.351 e. The summed E-state index contributed by atoms with van der Waals surface area (Å²) in [6.07, 6.45) is 0. The van der Waals surface area contributed by atoms with Gasteiger partial charge >= 0.3 is 0 Å². The lowest BCUT2D eigenvalue weighted by molar-refractivity contribution is -0.117. The van der Waals surface area contributed by atoms with Crippen LogP contribution in [-0.4, -0.2) is 50.6 Å². The van der Waals surface area contributed by atoms with Crippen LogP contribution in [0.1, 0.15) is 20.8 Å². The zero-order valence-corrected chi connectivity index (χ0v) is 11.6. The molecule has 0 spiro atoms. The van der Waals surface area contributed by atoms with Crippen LogP contribution in [0.2, 0.25) is 0 Å². The Bertz CT molecular complexity index is 294. The van der Waals surface area contributed by atoms with Gasteiger partial charge in [0.2, 0.25) is 5.91 Å². The molecule has 1 saturated heterocycles. The van der Waals surface area contributed by atoms with Gasteiger partial charge in [0.1, 0.15) is 0 Å². The molecule has 1 aliphatic rings. The predicted molar refractivity (Wildman–Crippen MR) is 70.9 cm³/mol. The summed E-state index contributed by atoms with van der Waals surface area (Å²) in [6.45, 7) is 8.70. The summed E-state index contributed by atoms with van der Waals surface area (Å²) < 4.78 is 0. The monoisotopic (exact) mass is 239 g/mol. The molecule has 17 heavy (non-hydrogen) atoms. The molecule has 0 aromatic carbocycles. The number of rotatable bonds is 5. The molecule has 0 radical (unpaired) electrons. The summed E-state index contributed by atoms with van der Waals surface area (Å²) in [6, 6.07) is 0.385. The zero-order valence-electron chi connectivity index (χ0n) is 11.6. The van der Waals surface area contributed by atoms with Gasteiger partial charge in [0.05, 0.1) is 0 Å². The molecule has 1 heterocycles. The first kappa shape index (κ1) is 14.2. The maximum atomic E-state index is 11.9. The number of hydrogen-bond acceptors (Lipinski definition) is 3. The summed E-state index contributed by atoms with van der Waals surface area (Å²) >= 11 is 0. The Labute approximate surface area is 104 Å². The van der Waals surface area contributed by atoms with E-state index >= 15 is 0 Å². The van der Waals surface area contributed by atoms with Gasteiger partial charge in [-0.3, -0.25) is 4.79 Å². The van der Waals surface area contributed by atoms with E-state index in [0.29, 0.717) is 18.5 Å². The van der Waals surface area contributed by atoms with E-state index in [2.05, 4.69) is 43.5 Å². The van der Waals surface area contributed by atoms with Crippen LogP contribution in [-0.2, 0) is 4.79 Å². The quantitative estimate of drug-likeness (QED) is 0.691. The third kappa shape index (κ3) is 3.82. The summed E-state index contributed by atoms with van der Waals surface area (Å²) in [5, 5.41) is 6.18. The minimum Gasteiger partial charge on any atom is -0.351 e. The molecule has 1 amide bonds. The van der Waals surface area contributed by atoms with Crippen LogP contribution >= 0.6 is 0 Å². The molecule has 2 N–H and O–H groups in total. The molecule has 0 bridgehead atoms. The van der Waals surface area contributed by atoms with Gasteiger partial charge in [-0.05, 0) is 32.5 Å². The van der Waals surface area contributed by atoms with E-state index in [1.807, 2.05) is 6.92 Å². The Morgan fingerprint density at radius 2 is 2.00 bits per heavy atom. The number of hydrogen-bond donors (Lipinski definition) is 2. The fourth-order valence-corrected chi connectivity index (χ4v) is 2.02. The molecule has 1 atom stereocenters. The maximum Gasteiger partial charge on any atom is 0.247 e. The zero-order chi connectivity index (χ0) is 13.0. The SMILES string of the molecule is CC(C(=O)NCC(C(C)C)N(C)C)=C1CNC1. The van der Waals surface area contributed by atoms with E-state index in [9.17, 15) is 4.79 Å². The van der Waals surface area contributed by atoms with Crippen molar-refractivity contribution >= 4 is 5.91 Å². The Morgan fingerprint density at radius 3 is 2.35 bits per heavy atom. The van der Waals surface area contributed by atoms with E-state index in [1.165, 1.54) is 5.57 Å². The first-order valence-corrected chi connectivity index (χ1v) is 6.27. The number of carbonyl (C=O) groups is 1. The van der Waals surface area contributed by atoms with E-state index < -0.39 is 0 Å². The summed E-state index contributed by atoms with van der Waals surface area (Å²) in [5.41, 5.74) is 2.11. The fraction of sp³-hybridized carbons (Fsp3) is 0.769. The molecule has 4 nitrogen and oxygen atoms in total. The van der Waals surface area contributed by atoms with Gasteiger partial charge in [0.15, 0.2) is 0 Å². The molecule has 0 saturated carbocycles. The van der Waals surface area contributed by atoms with Crippen LogP contribution in [0, 0.1) is 5.92 Å². The van der Waals surface area contributed by atoms with Crippen molar-refractivity contribution < 1.29 is 4.79 Å². The first-order chi connectivity index (χ1) is 7.93. The van der Waals surface area contributed by atoms with Crippen LogP contribution in [0.25, 0.3) is 0 Å².